The van der Waals surface area contributed by atoms with E-state index in [1.165, 1.54) is 0 Å². The van der Waals surface area contributed by atoms with E-state index in [4.69, 9.17) is 5.73 Å². The Bertz CT molecular complexity index is 315. The van der Waals surface area contributed by atoms with E-state index in [1.807, 2.05) is 0 Å². The van der Waals surface area contributed by atoms with Crippen molar-refractivity contribution in [3.05, 3.63) is 0 Å². The fraction of sp³-hybridized carbons (Fsp3) is 0.917. The van der Waals surface area contributed by atoms with Crippen molar-refractivity contribution in [3.8, 4) is 0 Å². The molecule has 3 nitrogen and oxygen atoms in total. The van der Waals surface area contributed by atoms with Crippen LogP contribution in [0.1, 0.15) is 32.1 Å². The number of likely N-dealkylation sites (tertiary alicyclic amines) is 1. The molecule has 0 aromatic heterocycles. The van der Waals surface area contributed by atoms with Crippen LogP contribution in [0.3, 0.4) is 0 Å². The van der Waals surface area contributed by atoms with Crippen LogP contribution in [0.5, 0.6) is 0 Å². The molecule has 6 heteroatoms. The summed E-state index contributed by atoms with van der Waals surface area (Å²) in [6, 6.07) is -0.885. The number of hydrogen-bond acceptors (Lipinski definition) is 2. The molecule has 1 heterocycles. The monoisotopic (exact) mass is 264 g/mol. The normalized spacial score (nSPS) is 30.8. The Morgan fingerprint density at radius 1 is 1.11 bits per heavy atom. The summed E-state index contributed by atoms with van der Waals surface area (Å²) in [6.45, 7) is 0.552. The van der Waals surface area contributed by atoms with Gasteiger partial charge in [0.2, 0.25) is 5.91 Å². The molecule has 0 aromatic carbocycles. The fourth-order valence-electron chi connectivity index (χ4n) is 2.67. The topological polar surface area (TPSA) is 46.3 Å². The number of nitrogens with two attached hydrogens (primary N) is 1. The second-order valence-corrected chi connectivity index (χ2v) is 5.34. The number of hydrogen-bond donors (Lipinski definition) is 1. The molecule has 0 aromatic rings. The summed E-state index contributed by atoms with van der Waals surface area (Å²) >= 11 is 0. The van der Waals surface area contributed by atoms with E-state index in [-0.39, 0.29) is 31.2 Å². The largest absolute Gasteiger partial charge is 0.393 e. The molecule has 1 aliphatic heterocycles. The molecule has 1 aliphatic carbocycles. The Labute approximate surface area is 104 Å². The first kappa shape index (κ1) is 13.6. The summed E-state index contributed by atoms with van der Waals surface area (Å²) in [5, 5.41) is 0. The molecule has 2 rings (SSSR count). The average Bonchev–Trinajstić information content (AvgIpc) is 2.36. The first-order valence-corrected chi connectivity index (χ1v) is 6.50. The highest BCUT2D eigenvalue weighted by molar-refractivity contribution is 5.79. The number of amides is 1. The van der Waals surface area contributed by atoms with Crippen molar-refractivity contribution in [3.63, 3.8) is 0 Å². The van der Waals surface area contributed by atoms with Crippen LogP contribution in [0.25, 0.3) is 0 Å². The number of rotatable bonds is 1. The molecule has 0 radical (unpaired) electrons. The van der Waals surface area contributed by atoms with Crippen LogP contribution >= 0.6 is 0 Å². The van der Waals surface area contributed by atoms with Crippen LogP contribution in [0.4, 0.5) is 13.2 Å². The highest BCUT2D eigenvalue weighted by Crippen LogP contribution is 2.35. The molecule has 0 bridgehead atoms. The van der Waals surface area contributed by atoms with Crippen molar-refractivity contribution in [1.82, 2.24) is 4.90 Å². The third kappa shape index (κ3) is 2.79. The second kappa shape index (κ2) is 5.07. The molecule has 1 saturated carbocycles. The summed E-state index contributed by atoms with van der Waals surface area (Å²) in [7, 11) is 0. The average molecular weight is 264 g/mol. The summed E-state index contributed by atoms with van der Waals surface area (Å²) in [5.41, 5.74) is 5.59. The Hall–Kier alpha value is -0.780. The molecule has 1 saturated heterocycles. The lowest BCUT2D eigenvalue weighted by Crippen LogP contribution is -2.39. The van der Waals surface area contributed by atoms with Crippen LogP contribution < -0.4 is 5.73 Å². The first-order valence-electron chi connectivity index (χ1n) is 6.50. The van der Waals surface area contributed by atoms with E-state index in [2.05, 4.69) is 0 Å². The molecule has 2 atom stereocenters. The van der Waals surface area contributed by atoms with E-state index in [0.29, 0.717) is 6.54 Å². The molecule has 18 heavy (non-hydrogen) atoms. The minimum atomic E-state index is -4.26. The summed E-state index contributed by atoms with van der Waals surface area (Å²) in [6.07, 6.45) is -1.27. The second-order valence-electron chi connectivity index (χ2n) is 5.34. The van der Waals surface area contributed by atoms with Gasteiger partial charge < -0.3 is 10.6 Å². The van der Waals surface area contributed by atoms with Gasteiger partial charge in [-0.15, -0.1) is 0 Å². The molecule has 1 amide bonds. The van der Waals surface area contributed by atoms with Crippen molar-refractivity contribution >= 4 is 5.91 Å². The summed E-state index contributed by atoms with van der Waals surface area (Å²) in [4.78, 5) is 13.6. The van der Waals surface area contributed by atoms with E-state index in [0.717, 1.165) is 19.3 Å². The van der Waals surface area contributed by atoms with E-state index in [9.17, 15) is 18.0 Å². The molecule has 104 valence electrons. The highest BCUT2D eigenvalue weighted by Gasteiger charge is 2.45. The molecule has 0 spiro atoms. The van der Waals surface area contributed by atoms with Crippen LogP contribution in [-0.4, -0.2) is 36.1 Å². The number of nitrogens with zero attached hydrogens (tertiary/aromatic N) is 1. The molecule has 2 fully saturated rings. The molecular formula is C12H19F3N2O. The van der Waals surface area contributed by atoms with Crippen molar-refractivity contribution in [2.24, 2.45) is 17.6 Å². The number of carbonyl (C=O) groups is 1. The highest BCUT2D eigenvalue weighted by atomic mass is 19.4. The third-order valence-electron chi connectivity index (χ3n) is 4.15. The minimum Gasteiger partial charge on any atom is -0.342 e. The molecular weight excluding hydrogens is 245 g/mol. The minimum absolute atomic E-state index is 0.0243. The van der Waals surface area contributed by atoms with Gasteiger partial charge in [0.15, 0.2) is 0 Å². The van der Waals surface area contributed by atoms with E-state index < -0.39 is 18.1 Å². The molecule has 2 N–H and O–H groups in total. The quantitative estimate of drug-likeness (QED) is 0.786. The van der Waals surface area contributed by atoms with Gasteiger partial charge in [-0.05, 0) is 25.7 Å². The summed E-state index contributed by atoms with van der Waals surface area (Å²) in [5.74, 6) is -1.41. The predicted octanol–water partition coefficient (Wildman–Crippen LogP) is 1.91. The van der Waals surface area contributed by atoms with Gasteiger partial charge in [-0.1, -0.05) is 6.42 Å². The van der Waals surface area contributed by atoms with Gasteiger partial charge in [-0.2, -0.15) is 13.2 Å². The summed E-state index contributed by atoms with van der Waals surface area (Å²) < 4.78 is 38.3. The van der Waals surface area contributed by atoms with Gasteiger partial charge >= 0.3 is 6.18 Å². The number of halogens is 3. The Balaban J connectivity index is 1.96. The van der Waals surface area contributed by atoms with Gasteiger partial charge in [0.05, 0.1) is 5.92 Å². The van der Waals surface area contributed by atoms with Crippen molar-refractivity contribution in [2.75, 3.05) is 13.1 Å². The SMILES string of the molecule is NC1CCN(C(=O)C2CCC2)CCC1C(F)(F)F. The van der Waals surface area contributed by atoms with Gasteiger partial charge in [0.1, 0.15) is 0 Å². The number of alkyl halides is 3. The first-order chi connectivity index (χ1) is 8.39. The van der Waals surface area contributed by atoms with Crippen molar-refractivity contribution in [2.45, 2.75) is 44.3 Å². The maximum Gasteiger partial charge on any atom is 0.393 e. The number of carbonyl (C=O) groups excluding carboxylic acids is 1. The van der Waals surface area contributed by atoms with Crippen LogP contribution in [0.2, 0.25) is 0 Å². The lowest BCUT2D eigenvalue weighted by Gasteiger charge is -2.31. The zero-order valence-electron chi connectivity index (χ0n) is 10.2. The smallest absolute Gasteiger partial charge is 0.342 e. The van der Waals surface area contributed by atoms with Crippen LogP contribution in [-0.2, 0) is 4.79 Å². The van der Waals surface area contributed by atoms with Gasteiger partial charge in [-0.3, -0.25) is 4.79 Å². The Kier molecular flexibility index (Phi) is 3.84. The van der Waals surface area contributed by atoms with Crippen molar-refractivity contribution in [1.29, 1.82) is 0 Å². The van der Waals surface area contributed by atoms with Gasteiger partial charge in [-0.25, -0.2) is 0 Å². The Morgan fingerprint density at radius 2 is 1.72 bits per heavy atom. The zero-order valence-corrected chi connectivity index (χ0v) is 10.2. The maximum atomic E-state index is 12.8. The molecule has 2 aliphatic rings. The van der Waals surface area contributed by atoms with Gasteiger partial charge in [0, 0.05) is 25.0 Å². The molecule has 2 unspecified atom stereocenters. The Morgan fingerprint density at radius 3 is 2.22 bits per heavy atom. The van der Waals surface area contributed by atoms with E-state index in [1.54, 1.807) is 4.90 Å². The standard InChI is InChI=1S/C12H19F3N2O/c13-12(14,15)9-4-6-17(7-5-10(9)16)11(18)8-2-1-3-8/h8-10H,1-7,16H2. The lowest BCUT2D eigenvalue weighted by molar-refractivity contribution is -0.181. The fourth-order valence-corrected chi connectivity index (χ4v) is 2.67. The van der Waals surface area contributed by atoms with Gasteiger partial charge in [0.25, 0.3) is 0 Å². The van der Waals surface area contributed by atoms with Crippen LogP contribution in [0, 0.1) is 11.8 Å². The van der Waals surface area contributed by atoms with Crippen LogP contribution in [0.15, 0.2) is 0 Å². The third-order valence-corrected chi connectivity index (χ3v) is 4.15. The maximum absolute atomic E-state index is 12.8. The lowest BCUT2D eigenvalue weighted by atomic mass is 9.84. The van der Waals surface area contributed by atoms with E-state index >= 15 is 0 Å². The predicted molar refractivity (Wildman–Crippen MR) is 60.7 cm³/mol. The zero-order chi connectivity index (χ0) is 13.3. The van der Waals surface area contributed by atoms with Crippen molar-refractivity contribution < 1.29 is 18.0 Å².